The van der Waals surface area contributed by atoms with Crippen LogP contribution in [-0.4, -0.2) is 67.3 Å². The van der Waals surface area contributed by atoms with Crippen LogP contribution < -0.4 is 19.9 Å². The van der Waals surface area contributed by atoms with Crippen molar-refractivity contribution in [2.45, 2.75) is 19.9 Å². The predicted molar refractivity (Wildman–Crippen MR) is 150 cm³/mol. The van der Waals surface area contributed by atoms with Gasteiger partial charge in [0.05, 0.1) is 23.4 Å². The fraction of sp³-hybridized carbons (Fsp3) is 0.357. The van der Waals surface area contributed by atoms with Crippen molar-refractivity contribution in [3.05, 3.63) is 54.2 Å². The third-order valence-corrected chi connectivity index (χ3v) is 8.29. The number of rotatable bonds is 5. The Labute approximate surface area is 224 Å². The summed E-state index contributed by atoms with van der Waals surface area (Å²) in [6.45, 7) is 9.26. The van der Waals surface area contributed by atoms with Crippen LogP contribution in [0.1, 0.15) is 13.8 Å². The lowest BCUT2D eigenvalue weighted by Gasteiger charge is -2.34. The Balaban J connectivity index is 1.28. The maximum atomic E-state index is 15.0. The monoisotopic (exact) mass is 536 g/mol. The van der Waals surface area contributed by atoms with Crippen molar-refractivity contribution in [2.75, 3.05) is 61.5 Å². The highest BCUT2D eigenvalue weighted by molar-refractivity contribution is 7.22. The molecule has 1 saturated heterocycles. The molecule has 0 atom stereocenters. The molecule has 1 fully saturated rings. The second-order valence-electron chi connectivity index (χ2n) is 10.1. The zero-order chi connectivity index (χ0) is 26.4. The summed E-state index contributed by atoms with van der Waals surface area (Å²) in [5, 5.41) is 5.64. The molecule has 0 radical (unpaired) electrons. The van der Waals surface area contributed by atoms with Crippen molar-refractivity contribution in [2.24, 2.45) is 0 Å². The summed E-state index contributed by atoms with van der Waals surface area (Å²) in [6.07, 6.45) is 1.12. The van der Waals surface area contributed by atoms with E-state index in [0.717, 1.165) is 42.8 Å². The minimum atomic E-state index is -0.617. The van der Waals surface area contributed by atoms with E-state index < -0.39 is 11.6 Å². The normalized spacial score (nSPS) is 16.2. The zero-order valence-corrected chi connectivity index (χ0v) is 22.5. The summed E-state index contributed by atoms with van der Waals surface area (Å²) >= 11 is 1.76. The van der Waals surface area contributed by atoms with Gasteiger partial charge in [-0.2, -0.15) is 0 Å². The van der Waals surface area contributed by atoms with E-state index in [1.807, 2.05) is 19.9 Å². The van der Waals surface area contributed by atoms with Crippen molar-refractivity contribution in [1.82, 2.24) is 14.9 Å². The van der Waals surface area contributed by atoms with Crippen LogP contribution in [0.15, 0.2) is 42.6 Å². The Morgan fingerprint density at radius 1 is 1.00 bits per heavy atom. The first kappa shape index (κ1) is 24.8. The third kappa shape index (κ3) is 4.74. The molecular formula is C28H30F2N6OS. The van der Waals surface area contributed by atoms with E-state index in [-0.39, 0.29) is 23.4 Å². The number of nitrogens with zero attached hydrogens (tertiary/aromatic N) is 5. The lowest BCUT2D eigenvalue weighted by atomic mass is 10.1. The first-order valence-electron chi connectivity index (χ1n) is 12.9. The summed E-state index contributed by atoms with van der Waals surface area (Å²) < 4.78 is 36.6. The van der Waals surface area contributed by atoms with Gasteiger partial charge in [0.1, 0.15) is 12.3 Å². The highest BCUT2D eigenvalue weighted by Gasteiger charge is 2.26. The lowest BCUT2D eigenvalue weighted by molar-refractivity contribution is 0.287. The fourth-order valence-electron chi connectivity index (χ4n) is 5.01. The Bertz CT molecular complexity index is 1480. The summed E-state index contributed by atoms with van der Waals surface area (Å²) in [5.41, 5.74) is 1.78. The number of hydrogen-bond donors (Lipinski definition) is 1. The standard InChI is InChI=1S/C28H30F2N6OS/c1-17(2)36-10-11-37-27-21(29)12-19(13-23(27)36)26-22(30)16-31-28(33-26)32-20-5-4-18-14-25(38-24(18)15-20)35-8-6-34(3)7-9-35/h4-5,12-17H,6-11H2,1-3H3,(H,31,32,33). The SMILES string of the molecule is CC(C)N1CCOc2c(F)cc(-c3nc(Nc4ccc5cc(N6CCN(C)CC6)sc5c4)ncc3F)cc21. The Kier molecular flexibility index (Phi) is 6.53. The van der Waals surface area contributed by atoms with Crippen molar-refractivity contribution < 1.29 is 13.5 Å². The molecule has 10 heteroatoms. The van der Waals surface area contributed by atoms with Crippen LogP contribution in [0.3, 0.4) is 0 Å². The number of anilines is 4. The van der Waals surface area contributed by atoms with Crippen LogP contribution >= 0.6 is 11.3 Å². The fourth-order valence-corrected chi connectivity index (χ4v) is 6.16. The van der Waals surface area contributed by atoms with Gasteiger partial charge >= 0.3 is 0 Å². The first-order chi connectivity index (χ1) is 18.4. The van der Waals surface area contributed by atoms with Crippen molar-refractivity contribution in [3.8, 4) is 17.0 Å². The summed E-state index contributed by atoms with van der Waals surface area (Å²) in [5.74, 6) is -0.712. The molecule has 0 unspecified atom stereocenters. The molecule has 198 valence electrons. The van der Waals surface area contributed by atoms with Gasteiger partial charge in [0.2, 0.25) is 5.95 Å². The number of thiophene rings is 1. The molecule has 7 nitrogen and oxygen atoms in total. The molecule has 38 heavy (non-hydrogen) atoms. The van der Waals surface area contributed by atoms with Crippen LogP contribution in [0.5, 0.6) is 5.75 Å². The number of nitrogens with one attached hydrogen (secondary N) is 1. The number of hydrogen-bond acceptors (Lipinski definition) is 8. The van der Waals surface area contributed by atoms with E-state index in [1.165, 1.54) is 16.5 Å². The van der Waals surface area contributed by atoms with Crippen molar-refractivity contribution in [1.29, 1.82) is 0 Å². The number of piperazine rings is 1. The molecule has 6 rings (SSSR count). The molecule has 2 aliphatic heterocycles. The Hall–Kier alpha value is -3.50. The van der Waals surface area contributed by atoms with E-state index in [2.05, 4.69) is 55.2 Å². The quantitative estimate of drug-likeness (QED) is 0.349. The van der Waals surface area contributed by atoms with Gasteiger partial charge in [-0.15, -0.1) is 11.3 Å². The molecule has 0 amide bonds. The molecule has 4 aromatic rings. The number of aromatic nitrogens is 2. The molecule has 0 saturated carbocycles. The number of ether oxygens (including phenoxy) is 1. The van der Waals surface area contributed by atoms with Crippen LogP contribution in [0.4, 0.5) is 31.1 Å². The Morgan fingerprint density at radius 3 is 2.61 bits per heavy atom. The summed E-state index contributed by atoms with van der Waals surface area (Å²) in [4.78, 5) is 15.4. The van der Waals surface area contributed by atoms with Gasteiger partial charge in [-0.05, 0) is 56.6 Å². The maximum absolute atomic E-state index is 15.0. The molecule has 2 aliphatic rings. The van der Waals surface area contributed by atoms with E-state index in [4.69, 9.17) is 4.74 Å². The smallest absolute Gasteiger partial charge is 0.227 e. The highest BCUT2D eigenvalue weighted by atomic mass is 32.1. The van der Waals surface area contributed by atoms with Gasteiger partial charge in [-0.25, -0.2) is 18.7 Å². The first-order valence-corrected chi connectivity index (χ1v) is 13.7. The number of benzene rings is 2. The van der Waals surface area contributed by atoms with Gasteiger partial charge in [0, 0.05) is 48.2 Å². The van der Waals surface area contributed by atoms with Crippen LogP contribution in [0.2, 0.25) is 0 Å². The zero-order valence-electron chi connectivity index (χ0n) is 21.7. The Morgan fingerprint density at radius 2 is 1.82 bits per heavy atom. The van der Waals surface area contributed by atoms with Crippen LogP contribution in [-0.2, 0) is 0 Å². The summed E-state index contributed by atoms with van der Waals surface area (Å²) in [7, 11) is 2.15. The second kappa shape index (κ2) is 9.99. The molecule has 0 aliphatic carbocycles. The lowest BCUT2D eigenvalue weighted by Crippen LogP contribution is -2.44. The molecule has 2 aromatic carbocycles. The molecule has 0 bridgehead atoms. The topological polar surface area (TPSA) is 56.8 Å². The molecule has 0 spiro atoms. The largest absolute Gasteiger partial charge is 0.486 e. The predicted octanol–water partition coefficient (Wildman–Crippen LogP) is 5.74. The van der Waals surface area contributed by atoms with E-state index in [9.17, 15) is 8.78 Å². The molecule has 1 N–H and O–H groups in total. The van der Waals surface area contributed by atoms with E-state index in [1.54, 1.807) is 17.4 Å². The van der Waals surface area contributed by atoms with Gasteiger partial charge in [0.25, 0.3) is 0 Å². The van der Waals surface area contributed by atoms with Gasteiger partial charge in [-0.3, -0.25) is 0 Å². The third-order valence-electron chi connectivity index (χ3n) is 7.13. The van der Waals surface area contributed by atoms with Gasteiger partial charge in [-0.1, -0.05) is 6.07 Å². The van der Waals surface area contributed by atoms with Crippen molar-refractivity contribution >= 4 is 43.7 Å². The van der Waals surface area contributed by atoms with E-state index >= 15 is 0 Å². The average molecular weight is 537 g/mol. The van der Waals surface area contributed by atoms with Crippen LogP contribution in [0, 0.1) is 11.6 Å². The average Bonchev–Trinajstić information content (AvgIpc) is 3.33. The second-order valence-corrected chi connectivity index (χ2v) is 11.1. The summed E-state index contributed by atoms with van der Waals surface area (Å²) in [6, 6.07) is 11.5. The molecular weight excluding hydrogens is 506 g/mol. The van der Waals surface area contributed by atoms with Gasteiger partial charge in [0.15, 0.2) is 17.4 Å². The highest BCUT2D eigenvalue weighted by Crippen LogP contribution is 2.40. The minimum absolute atomic E-state index is 0.0352. The minimum Gasteiger partial charge on any atom is -0.486 e. The molecule has 4 heterocycles. The van der Waals surface area contributed by atoms with Gasteiger partial charge < -0.3 is 24.8 Å². The van der Waals surface area contributed by atoms with Crippen LogP contribution in [0.25, 0.3) is 21.3 Å². The number of fused-ring (bicyclic) bond motifs is 2. The number of halogens is 2. The number of likely N-dealkylation sites (N-methyl/N-ethyl adjacent to an activating group) is 1. The van der Waals surface area contributed by atoms with Crippen molar-refractivity contribution in [3.63, 3.8) is 0 Å². The molecule has 2 aromatic heterocycles. The maximum Gasteiger partial charge on any atom is 0.227 e. The van der Waals surface area contributed by atoms with E-state index in [0.29, 0.717) is 24.4 Å².